The number of likely N-dealkylation sites (N-methyl/N-ethyl adjacent to an activating group) is 1. The maximum Gasteiger partial charge on any atom is 0.244 e. The van der Waals surface area contributed by atoms with Crippen LogP contribution in [0.2, 0.25) is 0 Å². The summed E-state index contributed by atoms with van der Waals surface area (Å²) in [6, 6.07) is 0. The molecule has 8 heteroatoms. The van der Waals surface area contributed by atoms with Gasteiger partial charge in [0.2, 0.25) is 5.78 Å². The molecule has 0 saturated carbocycles. The Morgan fingerprint density at radius 1 is 1.04 bits per heavy atom. The van der Waals surface area contributed by atoms with Crippen LogP contribution in [0.25, 0.3) is 21.6 Å². The normalized spacial score (nSPS) is 19.7. The summed E-state index contributed by atoms with van der Waals surface area (Å²) < 4.78 is 4.34. The molecule has 0 saturated heterocycles. The van der Waals surface area contributed by atoms with E-state index >= 15 is 0 Å². The van der Waals surface area contributed by atoms with Gasteiger partial charge in [0.15, 0.2) is 5.65 Å². The molecule has 0 fully saturated rings. The lowest BCUT2D eigenvalue weighted by molar-refractivity contribution is -0.945. The summed E-state index contributed by atoms with van der Waals surface area (Å²) in [5, 5.41) is 19.2. The van der Waals surface area contributed by atoms with Gasteiger partial charge in [-0.15, -0.1) is 31.7 Å². The molecule has 1 unspecified atom stereocenters. The first-order chi connectivity index (χ1) is 12.5. The van der Waals surface area contributed by atoms with E-state index < -0.39 is 0 Å². The number of nitrogens with zero attached hydrogens (tertiary/aromatic N) is 6. The summed E-state index contributed by atoms with van der Waals surface area (Å²) in [6.07, 6.45) is 2.72. The molecule has 1 aliphatic heterocycles. The number of quaternary nitrogens is 1. The molecule has 1 N–H and O–H groups in total. The van der Waals surface area contributed by atoms with Crippen molar-refractivity contribution in [3.63, 3.8) is 0 Å². The van der Waals surface area contributed by atoms with Gasteiger partial charge < -0.3 is 4.90 Å². The SMILES string of the molecule is CCc1nnc2c3c4c(sc3n3c(CC)nnc3n12)C[NH+](C)C(C)(C)C4. The average Bonchev–Trinajstić information content (AvgIpc) is 3.28. The van der Waals surface area contributed by atoms with E-state index in [-0.39, 0.29) is 5.54 Å². The van der Waals surface area contributed by atoms with E-state index in [4.69, 9.17) is 0 Å². The average molecular weight is 371 g/mol. The van der Waals surface area contributed by atoms with E-state index in [1.807, 2.05) is 11.3 Å². The number of hydrogen-bond acceptors (Lipinski definition) is 5. The quantitative estimate of drug-likeness (QED) is 0.580. The molecule has 0 bridgehead atoms. The van der Waals surface area contributed by atoms with Crippen LogP contribution in [-0.2, 0) is 25.8 Å². The van der Waals surface area contributed by atoms with Crippen LogP contribution in [0, 0.1) is 0 Å². The molecule has 1 atom stereocenters. The Morgan fingerprint density at radius 3 is 2.46 bits per heavy atom. The van der Waals surface area contributed by atoms with Gasteiger partial charge in [-0.1, -0.05) is 13.8 Å². The van der Waals surface area contributed by atoms with E-state index in [1.54, 1.807) is 4.90 Å². The molecule has 4 aromatic heterocycles. The molecule has 0 radical (unpaired) electrons. The Hall–Kier alpha value is -2.06. The molecule has 0 amide bonds. The van der Waals surface area contributed by atoms with Crippen molar-refractivity contribution in [3.05, 3.63) is 22.1 Å². The molecule has 0 aromatic carbocycles. The van der Waals surface area contributed by atoms with Crippen molar-refractivity contribution in [2.24, 2.45) is 0 Å². The predicted octanol–water partition coefficient (Wildman–Crippen LogP) is 1.46. The molecule has 5 heterocycles. The van der Waals surface area contributed by atoms with Crippen molar-refractivity contribution in [1.82, 2.24) is 29.2 Å². The Bertz CT molecular complexity index is 1160. The van der Waals surface area contributed by atoms with Crippen LogP contribution in [0.15, 0.2) is 0 Å². The fourth-order valence-electron chi connectivity index (χ4n) is 4.10. The van der Waals surface area contributed by atoms with Gasteiger partial charge in [-0.2, -0.15) is 0 Å². The van der Waals surface area contributed by atoms with E-state index in [0.29, 0.717) is 0 Å². The van der Waals surface area contributed by atoms with Gasteiger partial charge in [0, 0.05) is 19.3 Å². The van der Waals surface area contributed by atoms with Gasteiger partial charge in [-0.25, -0.2) is 4.40 Å². The van der Waals surface area contributed by atoms with Gasteiger partial charge in [0.05, 0.1) is 22.8 Å². The van der Waals surface area contributed by atoms with Crippen LogP contribution >= 0.6 is 11.3 Å². The topological polar surface area (TPSA) is 64.8 Å². The highest BCUT2D eigenvalue weighted by atomic mass is 32.1. The van der Waals surface area contributed by atoms with Crippen LogP contribution in [0.3, 0.4) is 0 Å². The van der Waals surface area contributed by atoms with Gasteiger partial charge in [0.1, 0.15) is 23.0 Å². The zero-order chi connectivity index (χ0) is 18.2. The van der Waals surface area contributed by atoms with Crippen molar-refractivity contribution in [3.8, 4) is 0 Å². The van der Waals surface area contributed by atoms with Gasteiger partial charge in [0.25, 0.3) is 0 Å². The first-order valence-corrected chi connectivity index (χ1v) is 10.1. The Balaban J connectivity index is 2.00. The van der Waals surface area contributed by atoms with Gasteiger partial charge in [-0.05, 0) is 19.4 Å². The van der Waals surface area contributed by atoms with Crippen LogP contribution in [0.1, 0.15) is 49.8 Å². The van der Waals surface area contributed by atoms with Crippen LogP contribution in [-0.4, -0.2) is 41.8 Å². The standard InChI is InChI=1S/C18H23N7S/c1-6-12-19-21-15-14-10-8-18(3,4)23(5)9-11(10)26-16(14)25-13(7-2)20-22-17(25)24(12)15/h6-9H2,1-5H3/p+1. The largest absolute Gasteiger partial charge is 0.328 e. The number of fused-ring (bicyclic) bond motifs is 8. The summed E-state index contributed by atoms with van der Waals surface area (Å²) in [5.41, 5.74) is 2.59. The molecule has 0 aliphatic carbocycles. The summed E-state index contributed by atoms with van der Waals surface area (Å²) in [7, 11) is 2.29. The zero-order valence-electron chi connectivity index (χ0n) is 15.9. The fraction of sp³-hybridized carbons (Fsp3) is 0.556. The molecule has 7 nitrogen and oxygen atoms in total. The van der Waals surface area contributed by atoms with Gasteiger partial charge in [-0.3, -0.25) is 4.40 Å². The predicted molar refractivity (Wildman–Crippen MR) is 102 cm³/mol. The third kappa shape index (κ3) is 1.91. The minimum atomic E-state index is 0.210. The highest BCUT2D eigenvalue weighted by molar-refractivity contribution is 7.19. The first-order valence-electron chi connectivity index (χ1n) is 9.33. The van der Waals surface area contributed by atoms with E-state index in [9.17, 15) is 0 Å². The lowest BCUT2D eigenvalue weighted by Gasteiger charge is -2.36. The Labute approximate surface area is 155 Å². The summed E-state index contributed by atoms with van der Waals surface area (Å²) in [6.45, 7) is 9.99. The summed E-state index contributed by atoms with van der Waals surface area (Å²) in [4.78, 5) is 4.24. The fourth-order valence-corrected chi connectivity index (χ4v) is 5.51. The lowest BCUT2D eigenvalue weighted by atomic mass is 9.88. The van der Waals surface area contributed by atoms with Crippen molar-refractivity contribution >= 4 is 33.0 Å². The monoisotopic (exact) mass is 370 g/mol. The number of thiophene rings is 1. The third-order valence-electron chi connectivity index (χ3n) is 5.97. The second-order valence-electron chi connectivity index (χ2n) is 7.94. The van der Waals surface area contributed by atoms with Crippen molar-refractivity contribution < 1.29 is 4.90 Å². The van der Waals surface area contributed by atoms with Gasteiger partial charge >= 0.3 is 0 Å². The molecule has 1 aliphatic rings. The molecular formula is C18H24N7S+. The van der Waals surface area contributed by atoms with E-state index in [1.165, 1.54) is 20.7 Å². The molecule has 4 aromatic rings. The number of nitrogens with one attached hydrogen (secondary N) is 1. The number of aryl methyl sites for hydroxylation is 2. The van der Waals surface area contributed by atoms with E-state index in [2.05, 4.69) is 63.9 Å². The molecular weight excluding hydrogens is 346 g/mol. The van der Waals surface area contributed by atoms with Crippen LogP contribution < -0.4 is 4.90 Å². The molecule has 0 spiro atoms. The number of rotatable bonds is 2. The van der Waals surface area contributed by atoms with Crippen molar-refractivity contribution in [1.29, 1.82) is 0 Å². The van der Waals surface area contributed by atoms with Crippen LogP contribution in [0.4, 0.5) is 0 Å². The van der Waals surface area contributed by atoms with E-state index in [0.717, 1.165) is 48.9 Å². The highest BCUT2D eigenvalue weighted by Crippen LogP contribution is 2.38. The molecule has 5 rings (SSSR count). The minimum Gasteiger partial charge on any atom is -0.328 e. The lowest BCUT2D eigenvalue weighted by Crippen LogP contribution is -3.16. The first kappa shape index (κ1) is 16.1. The maximum atomic E-state index is 4.58. The maximum absolute atomic E-state index is 4.58. The Morgan fingerprint density at radius 2 is 1.73 bits per heavy atom. The summed E-state index contributed by atoms with van der Waals surface area (Å²) in [5.74, 6) is 2.78. The Kier molecular flexibility index (Phi) is 3.25. The number of hydrogen-bond donors (Lipinski definition) is 1. The zero-order valence-corrected chi connectivity index (χ0v) is 16.7. The third-order valence-corrected chi connectivity index (χ3v) is 7.19. The second-order valence-corrected chi connectivity index (χ2v) is 9.02. The number of aromatic nitrogens is 6. The summed E-state index contributed by atoms with van der Waals surface area (Å²) >= 11 is 1.88. The highest BCUT2D eigenvalue weighted by Gasteiger charge is 2.37. The molecule has 26 heavy (non-hydrogen) atoms. The van der Waals surface area contributed by atoms with Crippen LogP contribution in [0.5, 0.6) is 0 Å². The minimum absolute atomic E-state index is 0.210. The van der Waals surface area contributed by atoms with Crippen molar-refractivity contribution in [2.75, 3.05) is 7.05 Å². The second kappa shape index (κ2) is 5.23. The molecule has 136 valence electrons. The smallest absolute Gasteiger partial charge is 0.244 e. The van der Waals surface area contributed by atoms with Crippen molar-refractivity contribution in [2.45, 2.75) is 59.0 Å².